The van der Waals surface area contributed by atoms with Gasteiger partial charge in [0.25, 0.3) is 0 Å². The molecule has 1 aromatic carbocycles. The van der Waals surface area contributed by atoms with Gasteiger partial charge in [-0.2, -0.15) is 10.5 Å². The van der Waals surface area contributed by atoms with E-state index < -0.39 is 0 Å². The quantitative estimate of drug-likeness (QED) is 0.368. The molecule has 1 fully saturated rings. The van der Waals surface area contributed by atoms with E-state index in [1.54, 1.807) is 0 Å². The van der Waals surface area contributed by atoms with E-state index in [0.717, 1.165) is 11.3 Å². The molecule has 0 bridgehead atoms. The topological polar surface area (TPSA) is 103 Å². The SMILES string of the molecule is Cc1cccc(N2CCN(CCN=[N+]=[N-])C2=C(C#N)C#N)c1. The van der Waals surface area contributed by atoms with E-state index in [9.17, 15) is 10.5 Å². The van der Waals surface area contributed by atoms with Gasteiger partial charge in [0.05, 0.1) is 0 Å². The molecule has 0 radical (unpaired) electrons. The average Bonchev–Trinajstić information content (AvgIpc) is 2.93. The molecule has 1 heterocycles. The molecule has 1 aliphatic heterocycles. The third kappa shape index (κ3) is 3.12. The minimum Gasteiger partial charge on any atom is -0.354 e. The van der Waals surface area contributed by atoms with Crippen molar-refractivity contribution in [2.24, 2.45) is 5.11 Å². The average molecular weight is 293 g/mol. The first-order valence-electron chi connectivity index (χ1n) is 6.85. The van der Waals surface area contributed by atoms with Gasteiger partial charge in [0, 0.05) is 36.8 Å². The maximum Gasteiger partial charge on any atom is 0.170 e. The van der Waals surface area contributed by atoms with Gasteiger partial charge in [-0.3, -0.25) is 0 Å². The first-order chi connectivity index (χ1) is 10.7. The Morgan fingerprint density at radius 3 is 2.77 bits per heavy atom. The Balaban J connectivity index is 2.39. The highest BCUT2D eigenvalue weighted by Gasteiger charge is 2.29. The molecule has 22 heavy (non-hydrogen) atoms. The molecule has 7 nitrogen and oxygen atoms in total. The Morgan fingerprint density at radius 2 is 2.14 bits per heavy atom. The van der Waals surface area contributed by atoms with Gasteiger partial charge in [0.1, 0.15) is 18.0 Å². The largest absolute Gasteiger partial charge is 0.354 e. The number of aryl methyl sites for hydroxylation is 1. The third-order valence-electron chi connectivity index (χ3n) is 3.44. The van der Waals surface area contributed by atoms with Crippen molar-refractivity contribution in [3.8, 4) is 12.1 Å². The smallest absolute Gasteiger partial charge is 0.170 e. The number of azide groups is 1. The number of hydrogen-bond acceptors (Lipinski definition) is 5. The summed E-state index contributed by atoms with van der Waals surface area (Å²) in [6, 6.07) is 11.8. The summed E-state index contributed by atoms with van der Waals surface area (Å²) in [6.45, 7) is 4.14. The van der Waals surface area contributed by atoms with Crippen LogP contribution in [-0.4, -0.2) is 31.1 Å². The van der Waals surface area contributed by atoms with Crippen LogP contribution in [0.2, 0.25) is 0 Å². The van der Waals surface area contributed by atoms with Gasteiger partial charge < -0.3 is 9.80 Å². The molecular formula is C15H15N7. The molecule has 1 saturated heterocycles. The van der Waals surface area contributed by atoms with Crippen LogP contribution in [-0.2, 0) is 0 Å². The second-order valence-electron chi connectivity index (χ2n) is 4.85. The fourth-order valence-electron chi connectivity index (χ4n) is 2.50. The van der Waals surface area contributed by atoms with Gasteiger partial charge in [-0.1, -0.05) is 17.2 Å². The van der Waals surface area contributed by atoms with Crippen LogP contribution in [0.4, 0.5) is 5.69 Å². The predicted octanol–water partition coefficient (Wildman–Crippen LogP) is 2.69. The minimum atomic E-state index is 0.0694. The summed E-state index contributed by atoms with van der Waals surface area (Å²) in [5, 5.41) is 22.0. The van der Waals surface area contributed by atoms with Crippen LogP contribution >= 0.6 is 0 Å². The Hall–Kier alpha value is -3.15. The normalized spacial score (nSPS) is 13.3. The second-order valence-corrected chi connectivity index (χ2v) is 4.85. The zero-order valence-corrected chi connectivity index (χ0v) is 12.3. The van der Waals surface area contributed by atoms with Crippen LogP contribution in [0, 0.1) is 29.6 Å². The van der Waals surface area contributed by atoms with Crippen LogP contribution in [0.5, 0.6) is 0 Å². The third-order valence-corrected chi connectivity index (χ3v) is 3.44. The highest BCUT2D eigenvalue weighted by atomic mass is 15.4. The summed E-state index contributed by atoms with van der Waals surface area (Å²) in [7, 11) is 0. The number of hydrogen-bond donors (Lipinski definition) is 0. The Morgan fingerprint density at radius 1 is 1.36 bits per heavy atom. The fourth-order valence-corrected chi connectivity index (χ4v) is 2.50. The van der Waals surface area contributed by atoms with Crippen molar-refractivity contribution in [1.82, 2.24) is 4.90 Å². The molecule has 1 aromatic rings. The molecule has 0 N–H and O–H groups in total. The van der Waals surface area contributed by atoms with Crippen molar-refractivity contribution in [1.29, 1.82) is 10.5 Å². The molecule has 0 saturated carbocycles. The zero-order chi connectivity index (χ0) is 15.9. The van der Waals surface area contributed by atoms with E-state index in [-0.39, 0.29) is 5.57 Å². The molecule has 0 aromatic heterocycles. The molecule has 0 unspecified atom stereocenters. The lowest BCUT2D eigenvalue weighted by molar-refractivity contribution is 0.406. The number of nitrogens with zero attached hydrogens (tertiary/aromatic N) is 7. The van der Waals surface area contributed by atoms with Gasteiger partial charge >= 0.3 is 0 Å². The van der Waals surface area contributed by atoms with Crippen molar-refractivity contribution in [2.45, 2.75) is 6.92 Å². The number of rotatable bonds is 4. The van der Waals surface area contributed by atoms with Crippen molar-refractivity contribution >= 4 is 5.69 Å². The molecule has 0 atom stereocenters. The highest BCUT2D eigenvalue weighted by molar-refractivity contribution is 5.59. The molecule has 0 amide bonds. The zero-order valence-electron chi connectivity index (χ0n) is 12.3. The lowest BCUT2D eigenvalue weighted by atomic mass is 10.2. The molecule has 1 aliphatic rings. The predicted molar refractivity (Wildman–Crippen MR) is 82.4 cm³/mol. The van der Waals surface area contributed by atoms with Crippen molar-refractivity contribution in [2.75, 3.05) is 31.1 Å². The van der Waals surface area contributed by atoms with Gasteiger partial charge in [0.2, 0.25) is 0 Å². The van der Waals surface area contributed by atoms with Crippen LogP contribution in [0.1, 0.15) is 5.56 Å². The number of nitriles is 2. The summed E-state index contributed by atoms with van der Waals surface area (Å²) >= 11 is 0. The summed E-state index contributed by atoms with van der Waals surface area (Å²) in [4.78, 5) is 6.61. The Labute approximate surface area is 128 Å². The van der Waals surface area contributed by atoms with Gasteiger partial charge in [-0.05, 0) is 30.2 Å². The number of anilines is 1. The van der Waals surface area contributed by atoms with Gasteiger partial charge in [-0.15, -0.1) is 0 Å². The van der Waals surface area contributed by atoms with E-state index in [0.29, 0.717) is 32.0 Å². The maximum absolute atomic E-state index is 9.23. The second kappa shape index (κ2) is 7.03. The van der Waals surface area contributed by atoms with Crippen LogP contribution in [0.3, 0.4) is 0 Å². The monoisotopic (exact) mass is 293 g/mol. The van der Waals surface area contributed by atoms with Crippen molar-refractivity contribution < 1.29 is 0 Å². The Bertz CT molecular complexity index is 700. The van der Waals surface area contributed by atoms with E-state index >= 15 is 0 Å². The van der Waals surface area contributed by atoms with Gasteiger partial charge in [0.15, 0.2) is 5.57 Å². The standard InChI is InChI=1S/C15H15N7/c1-12-3-2-4-14(9-12)22-8-7-21(6-5-19-20-18)15(22)13(10-16)11-17/h2-4,9H,5-8H2,1H3. The molecule has 2 rings (SSSR count). The maximum atomic E-state index is 9.23. The molecule has 0 aliphatic carbocycles. The van der Waals surface area contributed by atoms with Crippen molar-refractivity contribution in [3.05, 3.63) is 51.7 Å². The number of benzene rings is 1. The van der Waals surface area contributed by atoms with E-state index in [1.165, 1.54) is 0 Å². The minimum absolute atomic E-state index is 0.0694. The first kappa shape index (κ1) is 15.2. The van der Waals surface area contributed by atoms with Crippen LogP contribution in [0.15, 0.2) is 40.8 Å². The molecule has 110 valence electrons. The molecule has 7 heteroatoms. The highest BCUT2D eigenvalue weighted by Crippen LogP contribution is 2.28. The first-order valence-corrected chi connectivity index (χ1v) is 6.85. The summed E-state index contributed by atoms with van der Waals surface area (Å²) in [5.41, 5.74) is 10.5. The van der Waals surface area contributed by atoms with Crippen molar-refractivity contribution in [3.63, 3.8) is 0 Å². The van der Waals surface area contributed by atoms with Crippen LogP contribution < -0.4 is 4.90 Å². The van der Waals surface area contributed by atoms with Gasteiger partial charge in [-0.25, -0.2) is 0 Å². The van der Waals surface area contributed by atoms with E-state index in [1.807, 2.05) is 53.1 Å². The lowest BCUT2D eigenvalue weighted by Crippen LogP contribution is -2.26. The summed E-state index contributed by atoms with van der Waals surface area (Å²) in [5.74, 6) is 0.587. The van der Waals surface area contributed by atoms with E-state index in [2.05, 4.69) is 10.0 Å². The fraction of sp³-hybridized carbons (Fsp3) is 0.333. The Kier molecular flexibility index (Phi) is 4.87. The molecular weight excluding hydrogens is 278 g/mol. The lowest BCUT2D eigenvalue weighted by Gasteiger charge is -2.24. The van der Waals surface area contributed by atoms with E-state index in [4.69, 9.17) is 5.53 Å². The number of allylic oxidation sites excluding steroid dienone is 1. The summed E-state index contributed by atoms with van der Waals surface area (Å²) < 4.78 is 0. The summed E-state index contributed by atoms with van der Waals surface area (Å²) in [6.07, 6.45) is 0. The molecule has 0 spiro atoms. The van der Waals surface area contributed by atoms with Crippen LogP contribution in [0.25, 0.3) is 10.4 Å².